The van der Waals surface area contributed by atoms with E-state index < -0.39 is 88.4 Å². The Kier molecular flexibility index (Phi) is 1.13. The molecule has 3 aromatic rings. The normalized spacial score (nSPS) is 29.1. The van der Waals surface area contributed by atoms with Gasteiger partial charge in [-0.15, -0.1) is 0 Å². The maximum atomic E-state index is 8.75. The van der Waals surface area contributed by atoms with Gasteiger partial charge in [0.25, 0.3) is 0 Å². The highest BCUT2D eigenvalue weighted by Gasteiger charge is 2.20. The number of furan rings is 1. The Hall–Kier alpha value is -1.03. The van der Waals surface area contributed by atoms with Crippen LogP contribution in [0.1, 0.15) is 72.3 Å². The van der Waals surface area contributed by atoms with Gasteiger partial charge < -0.3 is 4.42 Å². The Morgan fingerprint density at radius 2 is 1.95 bits per heavy atom. The standard InChI is InChI=1S/C18H19IO/c1-10(2)13-9-15-17(16(11(3)4)18(13)19)12-7-5-6-8-14(12)20-15/h5-11H,1-4H3/i1D3,2D3,3D3,5D,6D,7D,8D,9D,10D,11D. The van der Waals surface area contributed by atoms with Crippen LogP contribution >= 0.6 is 22.6 Å². The van der Waals surface area contributed by atoms with Crippen LogP contribution < -0.4 is 0 Å². The van der Waals surface area contributed by atoms with E-state index in [1.54, 1.807) is 0 Å². The Morgan fingerprint density at radius 1 is 1.20 bits per heavy atom. The zero-order valence-corrected chi connectivity index (χ0v) is 12.4. The minimum Gasteiger partial charge on any atom is -0.456 e. The molecule has 0 amide bonds. The molecule has 2 heteroatoms. The van der Waals surface area contributed by atoms with Crippen LogP contribution in [0, 0.1) is 3.57 Å². The van der Waals surface area contributed by atoms with E-state index in [0.717, 1.165) is 6.92 Å². The lowest BCUT2D eigenvalue weighted by molar-refractivity contribution is 0.666. The summed E-state index contributed by atoms with van der Waals surface area (Å²) < 4.78 is 135. The highest BCUT2D eigenvalue weighted by Crippen LogP contribution is 2.40. The molecule has 3 rings (SSSR count). The van der Waals surface area contributed by atoms with Gasteiger partial charge in [0.2, 0.25) is 0 Å². The fourth-order valence-corrected chi connectivity index (χ4v) is 3.15. The number of hydrogen-bond acceptors (Lipinski definition) is 1. The molecule has 0 fully saturated rings. The molecule has 104 valence electrons. The van der Waals surface area contributed by atoms with Crippen LogP contribution in [-0.4, -0.2) is 0 Å². The lowest BCUT2D eigenvalue weighted by atomic mass is 9.92. The monoisotopic (exact) mass is 394 g/mol. The van der Waals surface area contributed by atoms with Crippen molar-refractivity contribution in [1.82, 2.24) is 0 Å². The number of benzene rings is 2. The second-order valence-corrected chi connectivity index (χ2v) is 5.28. The predicted molar refractivity (Wildman–Crippen MR) is 94.6 cm³/mol. The Bertz CT molecular complexity index is 1380. The Balaban J connectivity index is 2.83. The third kappa shape index (κ3) is 2.05. The molecular weight excluding hydrogens is 359 g/mol. The third-order valence-electron chi connectivity index (χ3n) is 2.89. The molecule has 0 saturated carbocycles. The van der Waals surface area contributed by atoms with Crippen LogP contribution in [0.2, 0.25) is 0 Å². The molecular formula is C18H19IO. The van der Waals surface area contributed by atoms with Gasteiger partial charge in [-0.2, -0.15) is 0 Å². The summed E-state index contributed by atoms with van der Waals surface area (Å²) in [5.41, 5.74) is -2.57. The molecule has 0 radical (unpaired) electrons. The van der Waals surface area contributed by atoms with E-state index in [0.29, 0.717) is 0 Å². The van der Waals surface area contributed by atoms with Crippen LogP contribution in [0.25, 0.3) is 21.9 Å². The lowest BCUT2D eigenvalue weighted by Crippen LogP contribution is -2.00. The SMILES string of the molecule is [2H]c1c([2H])c([2H])c2c(oc3c([2H])c(C([2H])(C([2H])([2H])[2H])C([2H])([2H])[2H])c(I)c(C([2H])(C)C([2H])([2H])[2H])c32)c1[2H]. The van der Waals surface area contributed by atoms with Gasteiger partial charge in [-0.3, -0.25) is 0 Å². The van der Waals surface area contributed by atoms with Gasteiger partial charge in [0.1, 0.15) is 11.2 Å². The first-order chi connectivity index (χ1) is 15.9. The smallest absolute Gasteiger partial charge is 0.136 e. The minimum atomic E-state index is -3.55. The van der Waals surface area contributed by atoms with Crippen LogP contribution in [0.4, 0.5) is 0 Å². The van der Waals surface area contributed by atoms with Crippen LogP contribution in [0.3, 0.4) is 0 Å². The van der Waals surface area contributed by atoms with E-state index in [-0.39, 0.29) is 10.8 Å². The number of para-hydroxylation sites is 1. The van der Waals surface area contributed by atoms with Gasteiger partial charge in [-0.1, -0.05) is 45.6 Å². The quantitative estimate of drug-likeness (QED) is 0.456. The van der Waals surface area contributed by atoms with E-state index in [9.17, 15) is 0 Å². The fraction of sp³-hybridized carbons (Fsp3) is 0.333. The number of halogens is 1. The van der Waals surface area contributed by atoms with E-state index in [1.807, 2.05) is 0 Å². The molecule has 1 unspecified atom stereocenters. The van der Waals surface area contributed by atoms with Crippen molar-refractivity contribution in [2.45, 2.75) is 39.3 Å². The highest BCUT2D eigenvalue weighted by atomic mass is 127. The van der Waals surface area contributed by atoms with Crippen molar-refractivity contribution in [2.75, 3.05) is 0 Å². The van der Waals surface area contributed by atoms with Crippen molar-refractivity contribution >= 4 is 44.5 Å². The summed E-state index contributed by atoms with van der Waals surface area (Å²) >= 11 is 1.41. The fourth-order valence-electron chi connectivity index (χ4n) is 2.07. The highest BCUT2D eigenvalue weighted by molar-refractivity contribution is 14.1. The summed E-state index contributed by atoms with van der Waals surface area (Å²) in [5, 5.41) is -0.702. The average Bonchev–Trinajstić information content (AvgIpc) is 3.08. The Labute approximate surface area is 156 Å². The molecule has 0 aliphatic rings. The molecule has 1 atom stereocenters. The van der Waals surface area contributed by atoms with Gasteiger partial charge in [-0.25, -0.2) is 0 Å². The van der Waals surface area contributed by atoms with Gasteiger partial charge >= 0.3 is 0 Å². The lowest BCUT2D eigenvalue weighted by Gasteiger charge is -2.16. The maximum absolute atomic E-state index is 8.75. The third-order valence-corrected chi connectivity index (χ3v) is 3.97. The van der Waals surface area contributed by atoms with Gasteiger partial charge in [0.05, 0.1) is 6.85 Å². The Morgan fingerprint density at radius 3 is 2.70 bits per heavy atom. The van der Waals surface area contributed by atoms with Crippen molar-refractivity contribution in [3.63, 3.8) is 0 Å². The molecule has 0 aliphatic heterocycles. The second-order valence-electron chi connectivity index (χ2n) is 4.20. The molecule has 0 bridgehead atoms. The molecule has 0 aliphatic carbocycles. The van der Waals surface area contributed by atoms with Crippen LogP contribution in [0.15, 0.2) is 34.6 Å². The summed E-state index contributed by atoms with van der Waals surface area (Å²) in [6, 6.07) is -3.63. The molecule has 1 nitrogen and oxygen atoms in total. The average molecular weight is 394 g/mol. The molecule has 20 heavy (non-hydrogen) atoms. The number of hydrogen-bond donors (Lipinski definition) is 0. The summed E-state index contributed by atoms with van der Waals surface area (Å²) in [6.45, 7) is -9.26. The van der Waals surface area contributed by atoms with E-state index in [2.05, 4.69) is 0 Å². The van der Waals surface area contributed by atoms with Gasteiger partial charge in [0, 0.05) is 29.4 Å². The summed E-state index contributed by atoms with van der Waals surface area (Å²) in [7, 11) is 0. The second kappa shape index (κ2) is 5.06. The zero-order chi connectivity index (χ0) is 28.1. The van der Waals surface area contributed by atoms with Crippen molar-refractivity contribution in [2.24, 2.45) is 0 Å². The summed E-state index contributed by atoms with van der Waals surface area (Å²) in [6.07, 6.45) is 0. The zero-order valence-electron chi connectivity index (χ0n) is 26.3. The maximum Gasteiger partial charge on any atom is 0.136 e. The summed E-state index contributed by atoms with van der Waals surface area (Å²) in [5.74, 6) is -6.06. The number of rotatable bonds is 2. The number of fused-ring (bicyclic) bond motifs is 3. The minimum absolute atomic E-state index is 0.343. The first-order valence-electron chi connectivity index (χ1n) is 13.6. The van der Waals surface area contributed by atoms with Crippen LogP contribution in [0.5, 0.6) is 0 Å². The van der Waals surface area contributed by atoms with Crippen molar-refractivity contribution in [3.8, 4) is 0 Å². The van der Waals surface area contributed by atoms with E-state index in [1.165, 1.54) is 22.6 Å². The van der Waals surface area contributed by atoms with Gasteiger partial charge in [0.15, 0.2) is 0 Å². The topological polar surface area (TPSA) is 13.1 Å². The van der Waals surface area contributed by atoms with Crippen molar-refractivity contribution in [3.05, 3.63) is 44.9 Å². The largest absolute Gasteiger partial charge is 0.456 e. The predicted octanol–water partition coefficient (Wildman–Crippen LogP) is 6.44. The first kappa shape index (κ1) is 4.48. The van der Waals surface area contributed by atoms with Crippen LogP contribution in [-0.2, 0) is 0 Å². The molecule has 1 aromatic heterocycles. The van der Waals surface area contributed by atoms with Crippen molar-refractivity contribution < 1.29 is 26.3 Å². The molecule has 1 heterocycles. The van der Waals surface area contributed by atoms with Crippen molar-refractivity contribution in [1.29, 1.82) is 0 Å². The first-order valence-corrected chi connectivity index (χ1v) is 6.68. The molecule has 2 aromatic carbocycles. The summed E-state index contributed by atoms with van der Waals surface area (Å²) in [4.78, 5) is 0. The molecule has 0 spiro atoms. The van der Waals surface area contributed by atoms with E-state index >= 15 is 0 Å². The van der Waals surface area contributed by atoms with Gasteiger partial charge in [-0.05, 0) is 57.6 Å². The molecule has 0 N–H and O–H groups in total. The van der Waals surface area contributed by atoms with E-state index in [4.69, 9.17) is 26.3 Å². The molecule has 0 saturated heterocycles.